The zero-order valence-corrected chi connectivity index (χ0v) is 19.4. The quantitative estimate of drug-likeness (QED) is 0.732. The van der Waals surface area contributed by atoms with Crippen LogP contribution in [0.15, 0.2) is 36.4 Å². The van der Waals surface area contributed by atoms with E-state index in [-0.39, 0.29) is 17.4 Å². The molecule has 1 aliphatic carbocycles. The lowest BCUT2D eigenvalue weighted by Gasteiger charge is -2.51. The largest absolute Gasteiger partial charge is 0.329 e. The van der Waals surface area contributed by atoms with Crippen LogP contribution in [0.1, 0.15) is 67.7 Å². The van der Waals surface area contributed by atoms with Crippen molar-refractivity contribution in [1.82, 2.24) is 19.6 Å². The molecule has 1 amide bonds. The van der Waals surface area contributed by atoms with Gasteiger partial charge in [-0.1, -0.05) is 50.6 Å². The number of aryl methyl sites for hydroxylation is 2. The molecule has 0 spiro atoms. The van der Waals surface area contributed by atoms with Crippen LogP contribution in [0.4, 0.5) is 0 Å². The average Bonchev–Trinajstić information content (AvgIpc) is 3.27. The second-order valence-corrected chi connectivity index (χ2v) is 10.3. The third-order valence-electron chi connectivity index (χ3n) is 8.46. The van der Waals surface area contributed by atoms with Crippen LogP contribution in [-0.4, -0.2) is 56.7 Å². The Kier molecular flexibility index (Phi) is 5.20. The third kappa shape index (κ3) is 3.24. The molecule has 1 saturated carbocycles. The molecule has 2 saturated heterocycles. The molecule has 1 aromatic heterocycles. The van der Waals surface area contributed by atoms with Crippen LogP contribution >= 0.6 is 0 Å². The fraction of sp³-hybridized carbons (Fsp3) is 0.615. The first-order chi connectivity index (χ1) is 14.9. The molecule has 5 nitrogen and oxygen atoms in total. The number of carbonyl (C=O) groups excluding carboxylic acids is 1. The van der Waals surface area contributed by atoms with Crippen LogP contribution in [0.2, 0.25) is 0 Å². The summed E-state index contributed by atoms with van der Waals surface area (Å²) in [4.78, 5) is 19.0. The minimum atomic E-state index is 0.185. The number of carbonyl (C=O) groups is 1. The Morgan fingerprint density at radius 2 is 1.90 bits per heavy atom. The van der Waals surface area contributed by atoms with E-state index in [0.29, 0.717) is 18.1 Å². The highest BCUT2D eigenvalue weighted by Gasteiger charge is 2.63. The molecule has 5 rings (SSSR count). The van der Waals surface area contributed by atoms with E-state index in [4.69, 9.17) is 0 Å². The van der Waals surface area contributed by atoms with Crippen molar-refractivity contribution in [2.45, 2.75) is 83.0 Å². The monoisotopic (exact) mass is 420 g/mol. The molecule has 3 fully saturated rings. The first-order valence-corrected chi connectivity index (χ1v) is 12.1. The Hall–Kier alpha value is -2.14. The number of piperidine rings is 1. The van der Waals surface area contributed by atoms with Gasteiger partial charge in [-0.2, -0.15) is 5.10 Å². The van der Waals surface area contributed by atoms with Gasteiger partial charge in [0.2, 0.25) is 0 Å². The van der Waals surface area contributed by atoms with Gasteiger partial charge in [0.25, 0.3) is 5.91 Å². The van der Waals surface area contributed by atoms with Gasteiger partial charge in [0.05, 0.1) is 5.69 Å². The summed E-state index contributed by atoms with van der Waals surface area (Å²) in [5.74, 6) is 0.185. The van der Waals surface area contributed by atoms with E-state index in [1.54, 1.807) is 0 Å². The predicted molar refractivity (Wildman–Crippen MR) is 123 cm³/mol. The molecule has 31 heavy (non-hydrogen) atoms. The van der Waals surface area contributed by atoms with Crippen molar-refractivity contribution in [1.29, 1.82) is 0 Å². The van der Waals surface area contributed by atoms with E-state index in [0.717, 1.165) is 43.5 Å². The molecule has 5 atom stereocenters. The smallest absolute Gasteiger partial charge is 0.272 e. The lowest BCUT2D eigenvalue weighted by molar-refractivity contribution is -0.00398. The minimum absolute atomic E-state index is 0.185. The number of benzene rings is 1. The topological polar surface area (TPSA) is 41.4 Å². The number of fused-ring (bicyclic) bond motifs is 1. The maximum Gasteiger partial charge on any atom is 0.272 e. The van der Waals surface area contributed by atoms with Crippen molar-refractivity contribution in [2.75, 3.05) is 7.05 Å². The predicted octanol–water partition coefficient (Wildman–Crippen LogP) is 4.07. The fourth-order valence-corrected chi connectivity index (χ4v) is 7.05. The molecule has 2 aliphatic heterocycles. The Balaban J connectivity index is 1.53. The number of hydrogen-bond acceptors (Lipinski definition) is 3. The number of likely N-dealkylation sites (N-methyl/N-ethyl adjacent to an activating group) is 1. The van der Waals surface area contributed by atoms with Crippen molar-refractivity contribution < 1.29 is 4.79 Å². The van der Waals surface area contributed by atoms with Crippen LogP contribution in [0.5, 0.6) is 0 Å². The fourth-order valence-electron chi connectivity index (χ4n) is 7.05. The second kappa shape index (κ2) is 7.77. The Morgan fingerprint density at radius 1 is 1.16 bits per heavy atom. The van der Waals surface area contributed by atoms with Gasteiger partial charge >= 0.3 is 0 Å². The summed E-state index contributed by atoms with van der Waals surface area (Å²) >= 11 is 0. The standard InChI is InChI=1S/C26H36N4O/c1-5-10-19-16-21(29(4)27-19)25(31)30-22-17-26(2)23(13-9-14-24(26)30)28(3)20(22)15-18-11-7-6-8-12-18/h6-8,11-12,16,20,22-24H,5,9-10,13-15,17H2,1-4H3/t20-,22-,23+,24-,26+/m0/s1. The molecule has 2 bridgehead atoms. The maximum atomic E-state index is 14.0. The molecule has 3 aliphatic rings. The molecule has 3 heterocycles. The van der Waals surface area contributed by atoms with Gasteiger partial charge in [-0.3, -0.25) is 14.4 Å². The van der Waals surface area contributed by atoms with Gasteiger partial charge in [-0.25, -0.2) is 0 Å². The lowest BCUT2D eigenvalue weighted by atomic mass is 9.64. The summed E-state index contributed by atoms with van der Waals surface area (Å²) in [6.45, 7) is 4.61. The minimum Gasteiger partial charge on any atom is -0.329 e. The molecule has 0 N–H and O–H groups in total. The van der Waals surface area contributed by atoms with Crippen molar-refractivity contribution in [3.8, 4) is 0 Å². The van der Waals surface area contributed by atoms with Crippen molar-refractivity contribution in [3.63, 3.8) is 0 Å². The van der Waals surface area contributed by atoms with E-state index < -0.39 is 0 Å². The Labute approximate surface area is 186 Å². The summed E-state index contributed by atoms with van der Waals surface area (Å²) in [6, 6.07) is 14.3. The number of nitrogens with zero attached hydrogens (tertiary/aromatic N) is 4. The highest BCUT2D eigenvalue weighted by atomic mass is 16.2. The van der Waals surface area contributed by atoms with Gasteiger partial charge in [0.1, 0.15) is 5.69 Å². The summed E-state index contributed by atoms with van der Waals surface area (Å²) in [7, 11) is 4.23. The first kappa shape index (κ1) is 20.7. The SMILES string of the molecule is CCCc1cc(C(=O)N2[C@H]3CCC[C@H]4N(C)[C@@H](Cc5ccccc5)[C@@H]2C[C@@]34C)n(C)n1. The summed E-state index contributed by atoms with van der Waals surface area (Å²) in [5, 5.41) is 4.64. The van der Waals surface area contributed by atoms with Crippen LogP contribution in [-0.2, 0) is 19.9 Å². The summed E-state index contributed by atoms with van der Waals surface area (Å²) < 4.78 is 1.81. The molecular formula is C26H36N4O. The lowest BCUT2D eigenvalue weighted by Crippen LogP contribution is -2.59. The van der Waals surface area contributed by atoms with Gasteiger partial charge in [0.15, 0.2) is 0 Å². The van der Waals surface area contributed by atoms with Gasteiger partial charge in [-0.15, -0.1) is 0 Å². The van der Waals surface area contributed by atoms with Gasteiger partial charge in [-0.05, 0) is 57.2 Å². The average molecular weight is 421 g/mol. The van der Waals surface area contributed by atoms with Crippen LogP contribution in [0.3, 0.4) is 0 Å². The molecule has 2 aromatic rings. The van der Waals surface area contributed by atoms with Crippen LogP contribution in [0.25, 0.3) is 0 Å². The molecule has 0 radical (unpaired) electrons. The van der Waals surface area contributed by atoms with Crippen molar-refractivity contribution in [3.05, 3.63) is 53.3 Å². The molecule has 166 valence electrons. The second-order valence-electron chi connectivity index (χ2n) is 10.3. The Bertz CT molecular complexity index is 954. The highest BCUT2D eigenvalue weighted by Crippen LogP contribution is 2.56. The van der Waals surface area contributed by atoms with E-state index in [9.17, 15) is 4.79 Å². The number of aromatic nitrogens is 2. The third-order valence-corrected chi connectivity index (χ3v) is 8.46. The van der Waals surface area contributed by atoms with Crippen molar-refractivity contribution in [2.24, 2.45) is 12.5 Å². The van der Waals surface area contributed by atoms with E-state index in [1.165, 1.54) is 18.4 Å². The van der Waals surface area contributed by atoms with Crippen LogP contribution in [0, 0.1) is 5.41 Å². The number of amides is 1. The van der Waals surface area contributed by atoms with Crippen LogP contribution < -0.4 is 0 Å². The summed E-state index contributed by atoms with van der Waals surface area (Å²) in [5.41, 5.74) is 3.33. The summed E-state index contributed by atoms with van der Waals surface area (Å²) in [6.07, 6.45) is 7.66. The molecule has 1 aromatic carbocycles. The molecule has 5 heteroatoms. The van der Waals surface area contributed by atoms with E-state index >= 15 is 0 Å². The maximum absolute atomic E-state index is 14.0. The highest BCUT2D eigenvalue weighted by molar-refractivity contribution is 5.93. The number of likely N-dealkylation sites (tertiary alicyclic amines) is 2. The van der Waals surface area contributed by atoms with E-state index in [2.05, 4.69) is 66.1 Å². The zero-order chi connectivity index (χ0) is 21.8. The normalized spacial score (nSPS) is 32.5. The molecule has 0 unspecified atom stereocenters. The number of rotatable bonds is 5. The van der Waals surface area contributed by atoms with E-state index in [1.807, 2.05) is 17.8 Å². The van der Waals surface area contributed by atoms with Crippen molar-refractivity contribution >= 4 is 5.91 Å². The zero-order valence-electron chi connectivity index (χ0n) is 19.4. The Morgan fingerprint density at radius 3 is 2.65 bits per heavy atom. The first-order valence-electron chi connectivity index (χ1n) is 12.1. The molecular weight excluding hydrogens is 384 g/mol. The van der Waals surface area contributed by atoms with Gasteiger partial charge < -0.3 is 4.90 Å². The van der Waals surface area contributed by atoms with Gasteiger partial charge in [0, 0.05) is 36.6 Å². The number of hydrogen-bond donors (Lipinski definition) is 0.